The van der Waals surface area contributed by atoms with Gasteiger partial charge < -0.3 is 4.98 Å². The number of nitrogens with zero attached hydrogens (tertiary/aromatic N) is 1. The zero-order chi connectivity index (χ0) is 17.9. The third-order valence-corrected chi connectivity index (χ3v) is 6.38. The molecule has 8 heteroatoms. The molecule has 25 heavy (non-hydrogen) atoms. The van der Waals surface area contributed by atoms with Crippen molar-refractivity contribution in [1.29, 1.82) is 0 Å². The van der Waals surface area contributed by atoms with Crippen LogP contribution in [0, 0.1) is 0 Å². The van der Waals surface area contributed by atoms with Crippen molar-refractivity contribution in [3.05, 3.63) is 62.4 Å². The molecule has 2 heterocycles. The molecule has 1 saturated heterocycles. The highest BCUT2D eigenvalue weighted by Crippen LogP contribution is 2.20. The number of benzene rings is 1. The number of sulfonamides is 1. The van der Waals surface area contributed by atoms with Crippen LogP contribution in [-0.2, 0) is 22.9 Å². The maximum absolute atomic E-state index is 12.9. The summed E-state index contributed by atoms with van der Waals surface area (Å²) in [7, 11) is -3.93. The van der Waals surface area contributed by atoms with E-state index in [1.54, 1.807) is 0 Å². The van der Waals surface area contributed by atoms with Gasteiger partial charge in [0.25, 0.3) is 5.56 Å². The highest BCUT2D eigenvalue weighted by atomic mass is 32.2. The molecule has 1 aliphatic rings. The van der Waals surface area contributed by atoms with Crippen LogP contribution in [0.3, 0.4) is 0 Å². The molecule has 1 aliphatic heterocycles. The van der Waals surface area contributed by atoms with Crippen LogP contribution < -0.4 is 11.2 Å². The van der Waals surface area contributed by atoms with Gasteiger partial charge in [0.05, 0.1) is 0 Å². The minimum atomic E-state index is -3.93. The summed E-state index contributed by atoms with van der Waals surface area (Å²) in [6.45, 7) is 0.804. The third-order valence-electron chi connectivity index (χ3n) is 4.39. The number of piperidine rings is 1. The molecule has 1 aromatic heterocycles. The Bertz CT molecular complexity index is 942. The fraction of sp³-hybridized carbons (Fsp3) is 0.412. The SMILES string of the molecule is O=c1[nH]c(CCc2ccccc2)c(S(=O)(=O)N2CCCCC2)c(=O)[nH]1. The number of H-pyrrole nitrogens is 2. The van der Waals surface area contributed by atoms with Gasteiger partial charge in [-0.3, -0.25) is 9.78 Å². The largest absolute Gasteiger partial charge is 0.325 e. The van der Waals surface area contributed by atoms with Crippen LogP contribution in [0.4, 0.5) is 0 Å². The lowest BCUT2D eigenvalue weighted by molar-refractivity contribution is 0.345. The lowest BCUT2D eigenvalue weighted by Crippen LogP contribution is -2.40. The second-order valence-corrected chi connectivity index (χ2v) is 8.04. The summed E-state index contributed by atoms with van der Waals surface area (Å²) in [5.41, 5.74) is -0.365. The van der Waals surface area contributed by atoms with Crippen LogP contribution >= 0.6 is 0 Å². The Morgan fingerprint density at radius 2 is 1.60 bits per heavy atom. The molecule has 3 rings (SSSR count). The molecule has 0 aliphatic carbocycles. The topological polar surface area (TPSA) is 103 Å². The molecule has 0 bridgehead atoms. The van der Waals surface area contributed by atoms with Crippen LogP contribution in [0.5, 0.6) is 0 Å². The first kappa shape index (κ1) is 17.6. The smallest absolute Gasteiger partial charge is 0.310 e. The van der Waals surface area contributed by atoms with E-state index in [4.69, 9.17) is 0 Å². The van der Waals surface area contributed by atoms with Crippen molar-refractivity contribution in [2.75, 3.05) is 13.1 Å². The highest BCUT2D eigenvalue weighted by molar-refractivity contribution is 7.89. The first-order valence-corrected chi connectivity index (χ1v) is 9.82. The molecular formula is C17H21N3O4S. The third kappa shape index (κ3) is 3.91. The van der Waals surface area contributed by atoms with Crippen molar-refractivity contribution in [3.63, 3.8) is 0 Å². The van der Waals surface area contributed by atoms with Crippen LogP contribution in [0.2, 0.25) is 0 Å². The van der Waals surface area contributed by atoms with E-state index in [0.29, 0.717) is 19.5 Å². The monoisotopic (exact) mass is 363 g/mol. The second kappa shape index (κ2) is 7.37. The summed E-state index contributed by atoms with van der Waals surface area (Å²) in [5, 5.41) is 0. The van der Waals surface area contributed by atoms with E-state index in [1.807, 2.05) is 30.3 Å². The Morgan fingerprint density at radius 3 is 2.28 bits per heavy atom. The minimum absolute atomic E-state index is 0.170. The average Bonchev–Trinajstić information content (AvgIpc) is 2.61. The van der Waals surface area contributed by atoms with Crippen molar-refractivity contribution in [1.82, 2.24) is 14.3 Å². The zero-order valence-electron chi connectivity index (χ0n) is 13.8. The molecule has 2 N–H and O–H groups in total. The van der Waals surface area contributed by atoms with Gasteiger partial charge in [-0.05, 0) is 31.2 Å². The Labute approximate surface area is 145 Å². The predicted octanol–water partition coefficient (Wildman–Crippen LogP) is 1.02. The normalized spacial score (nSPS) is 16.0. The van der Waals surface area contributed by atoms with Gasteiger partial charge >= 0.3 is 5.69 Å². The van der Waals surface area contributed by atoms with Gasteiger partial charge in [-0.2, -0.15) is 4.31 Å². The van der Waals surface area contributed by atoms with Crippen LogP contribution in [-0.4, -0.2) is 35.8 Å². The van der Waals surface area contributed by atoms with Gasteiger partial charge in [0.2, 0.25) is 10.0 Å². The zero-order valence-corrected chi connectivity index (χ0v) is 14.6. The van der Waals surface area contributed by atoms with E-state index in [2.05, 4.69) is 9.97 Å². The minimum Gasteiger partial charge on any atom is -0.310 e. The van der Waals surface area contributed by atoms with E-state index in [1.165, 1.54) is 4.31 Å². The molecule has 1 fully saturated rings. The van der Waals surface area contributed by atoms with Gasteiger partial charge in [-0.1, -0.05) is 36.8 Å². The number of aromatic nitrogens is 2. The molecule has 0 unspecified atom stereocenters. The van der Waals surface area contributed by atoms with E-state index in [-0.39, 0.29) is 17.0 Å². The fourth-order valence-electron chi connectivity index (χ4n) is 3.12. The number of rotatable bonds is 5. The maximum atomic E-state index is 12.9. The van der Waals surface area contributed by atoms with E-state index < -0.39 is 21.3 Å². The number of nitrogens with one attached hydrogen (secondary N) is 2. The lowest BCUT2D eigenvalue weighted by atomic mass is 10.1. The molecule has 0 saturated carbocycles. The Hall–Kier alpha value is -2.19. The van der Waals surface area contributed by atoms with Gasteiger partial charge in [-0.15, -0.1) is 0 Å². The average molecular weight is 363 g/mol. The molecular weight excluding hydrogens is 342 g/mol. The fourth-order valence-corrected chi connectivity index (χ4v) is 4.87. The quantitative estimate of drug-likeness (QED) is 0.828. The lowest BCUT2D eigenvalue weighted by Gasteiger charge is -2.26. The molecule has 0 radical (unpaired) electrons. The molecule has 1 aromatic carbocycles. The summed E-state index contributed by atoms with van der Waals surface area (Å²) in [5.74, 6) is 0. The van der Waals surface area contributed by atoms with Crippen molar-refractivity contribution < 1.29 is 8.42 Å². The van der Waals surface area contributed by atoms with Crippen molar-refractivity contribution >= 4 is 10.0 Å². The Balaban J connectivity index is 1.98. The predicted molar refractivity (Wildman–Crippen MR) is 94.1 cm³/mol. The highest BCUT2D eigenvalue weighted by Gasteiger charge is 2.31. The van der Waals surface area contributed by atoms with Crippen LogP contribution in [0.15, 0.2) is 44.8 Å². The Morgan fingerprint density at radius 1 is 0.920 bits per heavy atom. The maximum Gasteiger partial charge on any atom is 0.325 e. The molecule has 7 nitrogen and oxygen atoms in total. The summed E-state index contributed by atoms with van der Waals surface area (Å²) < 4.78 is 27.2. The first-order valence-electron chi connectivity index (χ1n) is 8.38. The van der Waals surface area contributed by atoms with Gasteiger partial charge in [0, 0.05) is 18.8 Å². The molecule has 134 valence electrons. The number of hydrogen-bond acceptors (Lipinski definition) is 4. The molecule has 2 aromatic rings. The number of hydrogen-bond donors (Lipinski definition) is 2. The van der Waals surface area contributed by atoms with Crippen molar-refractivity contribution in [3.8, 4) is 0 Å². The first-order chi connectivity index (χ1) is 12.0. The van der Waals surface area contributed by atoms with Gasteiger partial charge in [-0.25, -0.2) is 13.2 Å². The number of aryl methyl sites for hydroxylation is 2. The molecule has 0 atom stereocenters. The summed E-state index contributed by atoms with van der Waals surface area (Å²) in [6, 6.07) is 9.52. The van der Waals surface area contributed by atoms with Crippen molar-refractivity contribution in [2.24, 2.45) is 0 Å². The van der Waals surface area contributed by atoms with Gasteiger partial charge in [0.15, 0.2) is 4.90 Å². The van der Waals surface area contributed by atoms with Crippen LogP contribution in [0.1, 0.15) is 30.5 Å². The Kier molecular flexibility index (Phi) is 5.19. The van der Waals surface area contributed by atoms with E-state index in [9.17, 15) is 18.0 Å². The standard InChI is InChI=1S/C17H21N3O4S/c21-16-15(25(23,24)20-11-5-2-6-12-20)14(18-17(22)19-16)10-9-13-7-3-1-4-8-13/h1,3-4,7-8H,2,5-6,9-12H2,(H2,18,19,21,22). The second-order valence-electron chi connectivity index (χ2n) is 6.17. The summed E-state index contributed by atoms with van der Waals surface area (Å²) in [6.07, 6.45) is 3.34. The summed E-state index contributed by atoms with van der Waals surface area (Å²) >= 11 is 0. The number of aromatic amines is 2. The molecule has 0 spiro atoms. The van der Waals surface area contributed by atoms with Crippen LogP contribution in [0.25, 0.3) is 0 Å². The van der Waals surface area contributed by atoms with E-state index >= 15 is 0 Å². The van der Waals surface area contributed by atoms with Crippen molar-refractivity contribution in [2.45, 2.75) is 37.0 Å². The summed E-state index contributed by atoms with van der Waals surface area (Å²) in [4.78, 5) is 28.2. The van der Waals surface area contributed by atoms with Gasteiger partial charge in [0.1, 0.15) is 0 Å². The van der Waals surface area contributed by atoms with E-state index in [0.717, 1.165) is 24.8 Å². The molecule has 0 amide bonds.